The number of anilines is 1. The summed E-state index contributed by atoms with van der Waals surface area (Å²) in [6, 6.07) is 0. The smallest absolute Gasteiger partial charge is 0.214 e. The molecular weight excluding hydrogens is 310 g/mol. The molecule has 0 saturated carbocycles. The van der Waals surface area contributed by atoms with Gasteiger partial charge in [0.25, 0.3) is 0 Å². The molecule has 3 aromatic rings. The molecule has 1 atom stereocenters. The third kappa shape index (κ3) is 2.71. The van der Waals surface area contributed by atoms with Crippen LogP contribution in [0.2, 0.25) is 0 Å². The number of imidazole rings is 1. The molecule has 23 heavy (non-hydrogen) atoms. The number of nitrogens with one attached hydrogen (secondary N) is 1. The molecule has 0 unspecified atom stereocenters. The van der Waals surface area contributed by atoms with Gasteiger partial charge in [0.05, 0.1) is 11.9 Å². The molecule has 8 heteroatoms. The fourth-order valence-electron chi connectivity index (χ4n) is 3.12. The second-order valence-electron chi connectivity index (χ2n) is 6.54. The second-order valence-corrected chi connectivity index (χ2v) is 7.50. The molecular formula is C15H21N7S. The molecule has 1 aliphatic heterocycles. The minimum absolute atomic E-state index is 0.415. The topological polar surface area (TPSA) is 72.9 Å². The zero-order chi connectivity index (χ0) is 16.0. The predicted molar refractivity (Wildman–Crippen MR) is 90.0 cm³/mol. The Bertz CT molecular complexity index is 797. The van der Waals surface area contributed by atoms with Gasteiger partial charge in [-0.05, 0) is 19.3 Å². The van der Waals surface area contributed by atoms with Crippen molar-refractivity contribution in [1.82, 2.24) is 29.4 Å². The molecule has 0 amide bonds. The van der Waals surface area contributed by atoms with Crippen molar-refractivity contribution >= 4 is 21.4 Å². The van der Waals surface area contributed by atoms with Crippen LogP contribution in [0.5, 0.6) is 0 Å². The molecule has 122 valence electrons. The van der Waals surface area contributed by atoms with Crippen LogP contribution >= 0.6 is 11.3 Å². The Kier molecular flexibility index (Phi) is 3.56. The van der Waals surface area contributed by atoms with Crippen molar-refractivity contribution < 1.29 is 0 Å². The summed E-state index contributed by atoms with van der Waals surface area (Å²) in [7, 11) is 0. The average molecular weight is 331 g/mol. The van der Waals surface area contributed by atoms with Crippen molar-refractivity contribution in [2.45, 2.75) is 46.1 Å². The molecule has 0 bridgehead atoms. The van der Waals surface area contributed by atoms with Crippen LogP contribution in [0.1, 0.15) is 43.5 Å². The summed E-state index contributed by atoms with van der Waals surface area (Å²) in [5.74, 6) is 3.23. The lowest BCUT2D eigenvalue weighted by Gasteiger charge is -2.25. The van der Waals surface area contributed by atoms with Crippen LogP contribution in [0.4, 0.5) is 5.13 Å². The number of aromatic nitrogens is 6. The van der Waals surface area contributed by atoms with Crippen molar-refractivity contribution in [3.63, 3.8) is 0 Å². The van der Waals surface area contributed by atoms with Crippen LogP contribution < -0.4 is 5.32 Å². The van der Waals surface area contributed by atoms with E-state index in [0.29, 0.717) is 11.8 Å². The standard InChI is InChI=1S/C15H21N7S/c1-9(2)13-19-18-12-5-4-11(8-21(12)13)6-16-14-20-22-7-10(3)17-15(22)23-14/h7,9,11H,4-6,8H2,1-3H3,(H,16,20)/t11-/m0/s1. The van der Waals surface area contributed by atoms with Gasteiger partial charge in [0.2, 0.25) is 10.1 Å². The minimum Gasteiger partial charge on any atom is -0.360 e. The number of aryl methyl sites for hydroxylation is 2. The van der Waals surface area contributed by atoms with Gasteiger partial charge in [0, 0.05) is 25.4 Å². The molecule has 3 aromatic heterocycles. The molecule has 0 radical (unpaired) electrons. The summed E-state index contributed by atoms with van der Waals surface area (Å²) in [4.78, 5) is 5.38. The number of rotatable bonds is 4. The third-order valence-corrected chi connectivity index (χ3v) is 5.18. The van der Waals surface area contributed by atoms with Crippen molar-refractivity contribution in [2.75, 3.05) is 11.9 Å². The Labute approximate surface area is 138 Å². The Hall–Kier alpha value is -1.96. The summed E-state index contributed by atoms with van der Waals surface area (Å²) < 4.78 is 4.15. The van der Waals surface area contributed by atoms with Crippen LogP contribution in [0.15, 0.2) is 6.20 Å². The van der Waals surface area contributed by atoms with Crippen LogP contribution in [0, 0.1) is 12.8 Å². The van der Waals surface area contributed by atoms with Gasteiger partial charge in [-0.3, -0.25) is 0 Å². The van der Waals surface area contributed by atoms with Gasteiger partial charge < -0.3 is 9.88 Å². The number of nitrogens with zero attached hydrogens (tertiary/aromatic N) is 6. The van der Waals surface area contributed by atoms with E-state index in [2.05, 4.69) is 44.0 Å². The Morgan fingerprint density at radius 2 is 2.26 bits per heavy atom. The van der Waals surface area contributed by atoms with E-state index in [-0.39, 0.29) is 0 Å². The Balaban J connectivity index is 1.43. The van der Waals surface area contributed by atoms with Crippen molar-refractivity contribution in [1.29, 1.82) is 0 Å². The molecule has 0 saturated heterocycles. The Morgan fingerprint density at radius 3 is 3.04 bits per heavy atom. The van der Waals surface area contributed by atoms with Crippen LogP contribution in [-0.2, 0) is 13.0 Å². The number of fused-ring (bicyclic) bond motifs is 2. The lowest BCUT2D eigenvalue weighted by Crippen LogP contribution is -2.27. The lowest BCUT2D eigenvalue weighted by atomic mass is 9.99. The normalized spacial score (nSPS) is 17.8. The van der Waals surface area contributed by atoms with E-state index in [1.165, 1.54) is 0 Å². The first-order chi connectivity index (χ1) is 11.1. The van der Waals surface area contributed by atoms with Gasteiger partial charge in [-0.2, -0.15) is 0 Å². The molecule has 7 nitrogen and oxygen atoms in total. The van der Waals surface area contributed by atoms with E-state index in [9.17, 15) is 0 Å². The summed E-state index contributed by atoms with van der Waals surface area (Å²) in [5, 5.41) is 17.6. The zero-order valence-electron chi connectivity index (χ0n) is 13.7. The van der Waals surface area contributed by atoms with E-state index in [1.54, 1.807) is 11.3 Å². The van der Waals surface area contributed by atoms with E-state index >= 15 is 0 Å². The summed E-state index contributed by atoms with van der Waals surface area (Å²) in [6.45, 7) is 8.24. The van der Waals surface area contributed by atoms with Crippen molar-refractivity contribution in [2.24, 2.45) is 5.92 Å². The number of hydrogen-bond acceptors (Lipinski definition) is 6. The maximum absolute atomic E-state index is 4.53. The highest BCUT2D eigenvalue weighted by atomic mass is 32.1. The first-order valence-corrected chi connectivity index (χ1v) is 8.90. The number of hydrogen-bond donors (Lipinski definition) is 1. The van der Waals surface area contributed by atoms with Crippen molar-refractivity contribution in [3.05, 3.63) is 23.5 Å². The molecule has 4 heterocycles. The predicted octanol–water partition coefficient (Wildman–Crippen LogP) is 2.49. The van der Waals surface area contributed by atoms with E-state index in [4.69, 9.17) is 0 Å². The highest BCUT2D eigenvalue weighted by Gasteiger charge is 2.24. The fraction of sp³-hybridized carbons (Fsp3) is 0.600. The highest BCUT2D eigenvalue weighted by molar-refractivity contribution is 7.20. The highest BCUT2D eigenvalue weighted by Crippen LogP contribution is 2.25. The first kappa shape index (κ1) is 14.6. The molecule has 0 spiro atoms. The van der Waals surface area contributed by atoms with Crippen molar-refractivity contribution in [3.8, 4) is 0 Å². The second kappa shape index (κ2) is 5.59. The van der Waals surface area contributed by atoms with E-state index in [0.717, 1.165) is 53.4 Å². The quantitative estimate of drug-likeness (QED) is 0.795. The van der Waals surface area contributed by atoms with Gasteiger partial charge >= 0.3 is 0 Å². The van der Waals surface area contributed by atoms with E-state index < -0.39 is 0 Å². The van der Waals surface area contributed by atoms with Gasteiger partial charge in [-0.15, -0.1) is 15.3 Å². The van der Waals surface area contributed by atoms with Crippen LogP contribution in [-0.4, -0.2) is 35.9 Å². The van der Waals surface area contributed by atoms with Crippen LogP contribution in [0.3, 0.4) is 0 Å². The summed E-state index contributed by atoms with van der Waals surface area (Å²) >= 11 is 1.60. The molecule has 1 aliphatic rings. The fourth-order valence-corrected chi connectivity index (χ4v) is 3.96. The SMILES string of the molecule is Cc1cn2nc(NC[C@@H]3CCc4nnc(C(C)C)n4C3)sc2n1. The molecule has 0 aliphatic carbocycles. The molecule has 1 N–H and O–H groups in total. The summed E-state index contributed by atoms with van der Waals surface area (Å²) in [6.07, 6.45) is 4.10. The minimum atomic E-state index is 0.415. The maximum Gasteiger partial charge on any atom is 0.214 e. The largest absolute Gasteiger partial charge is 0.360 e. The van der Waals surface area contributed by atoms with E-state index in [1.807, 2.05) is 17.6 Å². The van der Waals surface area contributed by atoms with Gasteiger partial charge in [-0.25, -0.2) is 9.50 Å². The van der Waals surface area contributed by atoms with Crippen LogP contribution in [0.25, 0.3) is 4.96 Å². The molecule has 0 aromatic carbocycles. The third-order valence-electron chi connectivity index (χ3n) is 4.29. The zero-order valence-corrected chi connectivity index (χ0v) is 14.5. The lowest BCUT2D eigenvalue weighted by molar-refractivity contribution is 0.371. The monoisotopic (exact) mass is 331 g/mol. The van der Waals surface area contributed by atoms with Gasteiger partial charge in [0.15, 0.2) is 0 Å². The van der Waals surface area contributed by atoms with Gasteiger partial charge in [-0.1, -0.05) is 25.2 Å². The molecule has 4 rings (SSSR count). The molecule has 0 fully saturated rings. The first-order valence-electron chi connectivity index (χ1n) is 8.09. The maximum atomic E-state index is 4.53. The van der Waals surface area contributed by atoms with Gasteiger partial charge in [0.1, 0.15) is 11.6 Å². The summed E-state index contributed by atoms with van der Waals surface area (Å²) in [5.41, 5.74) is 1.00. The average Bonchev–Trinajstić information content (AvgIpc) is 3.16. The Morgan fingerprint density at radius 1 is 1.39 bits per heavy atom.